The Balaban J connectivity index is 2.37. The molecule has 0 aliphatic rings. The van der Waals surface area contributed by atoms with Gasteiger partial charge in [-0.3, -0.25) is 15.1 Å². The van der Waals surface area contributed by atoms with Crippen LogP contribution in [-0.4, -0.2) is 16.5 Å². The number of aromatic nitrogens is 1. The fourth-order valence-corrected chi connectivity index (χ4v) is 2.31. The molecule has 0 fully saturated rings. The third kappa shape index (κ3) is 2.87. The highest BCUT2D eigenvalue weighted by atomic mass is 16.6. The minimum Gasteiger partial charge on any atom is -0.379 e. The number of nitrogens with one attached hydrogen (secondary N) is 1. The maximum Gasteiger partial charge on any atom is 0.301 e. The number of hydrogen-bond donors (Lipinski definition) is 1. The van der Waals surface area contributed by atoms with Gasteiger partial charge in [-0.25, -0.2) is 0 Å². The summed E-state index contributed by atoms with van der Waals surface area (Å²) >= 11 is 0. The molecule has 0 unspecified atom stereocenters. The summed E-state index contributed by atoms with van der Waals surface area (Å²) in [7, 11) is 0. The predicted molar refractivity (Wildman–Crippen MR) is 81.0 cm³/mol. The summed E-state index contributed by atoms with van der Waals surface area (Å²) < 4.78 is 0. The van der Waals surface area contributed by atoms with E-state index in [4.69, 9.17) is 0 Å². The van der Waals surface area contributed by atoms with Gasteiger partial charge in [0.1, 0.15) is 5.69 Å². The molecule has 5 heteroatoms. The first kappa shape index (κ1) is 14.2. The summed E-state index contributed by atoms with van der Waals surface area (Å²) in [6, 6.07) is 7.02. The van der Waals surface area contributed by atoms with Gasteiger partial charge in [0, 0.05) is 12.7 Å². The van der Waals surface area contributed by atoms with E-state index in [9.17, 15) is 10.1 Å². The van der Waals surface area contributed by atoms with E-state index in [2.05, 4.69) is 24.1 Å². The average molecular weight is 273 g/mol. The zero-order valence-corrected chi connectivity index (χ0v) is 11.8. The number of rotatable bonds is 6. The minimum absolute atomic E-state index is 0.113. The molecule has 2 rings (SSSR count). The Bertz CT molecular complexity index is 609. The smallest absolute Gasteiger partial charge is 0.301 e. The van der Waals surface area contributed by atoms with Crippen molar-refractivity contribution in [3.63, 3.8) is 0 Å². The van der Waals surface area contributed by atoms with Crippen LogP contribution >= 0.6 is 0 Å². The topological polar surface area (TPSA) is 68.1 Å². The van der Waals surface area contributed by atoms with Crippen LogP contribution in [0.5, 0.6) is 0 Å². The lowest BCUT2D eigenvalue weighted by Gasteiger charge is -2.14. The first-order valence-corrected chi connectivity index (χ1v) is 6.93. The van der Waals surface area contributed by atoms with Crippen LogP contribution in [0, 0.1) is 16.0 Å². The lowest BCUT2D eigenvalue weighted by molar-refractivity contribution is -0.382. The average Bonchev–Trinajstić information content (AvgIpc) is 2.47. The number of fused-ring (bicyclic) bond motifs is 1. The lowest BCUT2D eigenvalue weighted by Crippen LogP contribution is -2.13. The Morgan fingerprint density at radius 1 is 1.30 bits per heavy atom. The predicted octanol–water partition coefficient (Wildman–Crippen LogP) is 3.99. The highest BCUT2D eigenvalue weighted by Crippen LogP contribution is 2.32. The molecular weight excluding hydrogens is 254 g/mol. The van der Waals surface area contributed by atoms with Crippen LogP contribution in [0.15, 0.2) is 30.5 Å². The van der Waals surface area contributed by atoms with Crippen LogP contribution in [0.2, 0.25) is 0 Å². The fourth-order valence-electron chi connectivity index (χ4n) is 2.31. The third-order valence-electron chi connectivity index (χ3n) is 3.68. The molecule has 20 heavy (non-hydrogen) atoms. The maximum absolute atomic E-state index is 11.4. The molecule has 0 amide bonds. The maximum atomic E-state index is 11.4. The molecule has 1 aromatic carbocycles. The second-order valence-corrected chi connectivity index (χ2v) is 4.85. The van der Waals surface area contributed by atoms with Crippen LogP contribution < -0.4 is 5.32 Å². The van der Waals surface area contributed by atoms with Gasteiger partial charge in [-0.05, 0) is 30.2 Å². The third-order valence-corrected chi connectivity index (χ3v) is 3.68. The van der Waals surface area contributed by atoms with Crippen molar-refractivity contribution in [2.24, 2.45) is 5.92 Å². The van der Waals surface area contributed by atoms with Crippen molar-refractivity contribution < 1.29 is 4.92 Å². The van der Waals surface area contributed by atoms with Crippen molar-refractivity contribution in [2.75, 3.05) is 11.9 Å². The van der Waals surface area contributed by atoms with Gasteiger partial charge in [0.2, 0.25) is 0 Å². The molecule has 106 valence electrons. The number of anilines is 1. The lowest BCUT2D eigenvalue weighted by atomic mass is 10.0. The molecule has 0 saturated heterocycles. The van der Waals surface area contributed by atoms with Gasteiger partial charge in [-0.15, -0.1) is 0 Å². The van der Waals surface area contributed by atoms with Crippen molar-refractivity contribution in [2.45, 2.75) is 26.7 Å². The Kier molecular flexibility index (Phi) is 4.50. The van der Waals surface area contributed by atoms with E-state index < -0.39 is 0 Å². The summed E-state index contributed by atoms with van der Waals surface area (Å²) in [4.78, 5) is 15.2. The number of pyridine rings is 1. The van der Waals surface area contributed by atoms with Crippen molar-refractivity contribution in [3.05, 3.63) is 40.6 Å². The second kappa shape index (κ2) is 6.32. The summed E-state index contributed by atoms with van der Waals surface area (Å²) in [5.74, 6) is 0.527. The van der Waals surface area contributed by atoms with Gasteiger partial charge in [-0.1, -0.05) is 26.7 Å². The van der Waals surface area contributed by atoms with Crippen molar-refractivity contribution in [1.82, 2.24) is 4.98 Å². The summed E-state index contributed by atoms with van der Waals surface area (Å²) in [5, 5.41) is 15.2. The Hall–Kier alpha value is -2.17. The molecule has 5 nitrogen and oxygen atoms in total. The number of benzene rings is 1. The van der Waals surface area contributed by atoms with Crippen molar-refractivity contribution in [3.8, 4) is 0 Å². The number of nitro benzene ring substituents is 1. The molecule has 0 spiro atoms. The highest BCUT2D eigenvalue weighted by molar-refractivity contribution is 5.94. The zero-order valence-electron chi connectivity index (χ0n) is 11.8. The molecular formula is C15H19N3O2. The molecule has 1 heterocycles. The van der Waals surface area contributed by atoms with E-state index in [1.54, 1.807) is 24.4 Å². The molecule has 1 N–H and O–H groups in total. The van der Waals surface area contributed by atoms with Crippen LogP contribution in [0.25, 0.3) is 10.9 Å². The van der Waals surface area contributed by atoms with E-state index in [0.29, 0.717) is 22.5 Å². The molecule has 1 aromatic heterocycles. The molecule has 0 saturated carbocycles. The van der Waals surface area contributed by atoms with Gasteiger partial charge >= 0.3 is 5.69 Å². The highest BCUT2D eigenvalue weighted by Gasteiger charge is 2.19. The standard InChI is InChI=1S/C15H19N3O2/c1-3-11(4-2)10-17-14-8-7-13-12(6-5-9-16-13)15(14)18(19)20/h5-9,11,17H,3-4,10H2,1-2H3. The molecule has 0 aliphatic heterocycles. The van der Waals surface area contributed by atoms with Gasteiger partial charge in [0.05, 0.1) is 15.8 Å². The van der Waals surface area contributed by atoms with E-state index >= 15 is 0 Å². The summed E-state index contributed by atoms with van der Waals surface area (Å²) in [5.41, 5.74) is 1.33. The van der Waals surface area contributed by atoms with Crippen molar-refractivity contribution >= 4 is 22.3 Å². The van der Waals surface area contributed by atoms with Gasteiger partial charge in [-0.2, -0.15) is 0 Å². The van der Waals surface area contributed by atoms with E-state index in [0.717, 1.165) is 19.4 Å². The number of nitrogens with zero attached hydrogens (tertiary/aromatic N) is 2. The van der Waals surface area contributed by atoms with Crippen LogP contribution in [0.1, 0.15) is 26.7 Å². The Labute approximate surface area is 118 Å². The quantitative estimate of drug-likeness (QED) is 0.638. The Morgan fingerprint density at radius 2 is 2.05 bits per heavy atom. The largest absolute Gasteiger partial charge is 0.379 e. The van der Waals surface area contributed by atoms with E-state index in [1.807, 2.05) is 6.07 Å². The summed E-state index contributed by atoms with van der Waals surface area (Å²) in [6.45, 7) is 5.02. The van der Waals surface area contributed by atoms with Gasteiger partial charge < -0.3 is 5.32 Å². The monoisotopic (exact) mass is 273 g/mol. The van der Waals surface area contributed by atoms with Gasteiger partial charge in [0.25, 0.3) is 0 Å². The Morgan fingerprint density at radius 3 is 2.70 bits per heavy atom. The molecule has 2 aromatic rings. The number of hydrogen-bond acceptors (Lipinski definition) is 4. The molecule has 0 radical (unpaired) electrons. The zero-order chi connectivity index (χ0) is 14.5. The number of nitro groups is 1. The second-order valence-electron chi connectivity index (χ2n) is 4.85. The molecule has 0 bridgehead atoms. The molecule has 0 aliphatic carbocycles. The summed E-state index contributed by atoms with van der Waals surface area (Å²) in [6.07, 6.45) is 3.77. The fraction of sp³-hybridized carbons (Fsp3) is 0.400. The van der Waals surface area contributed by atoms with E-state index in [-0.39, 0.29) is 10.6 Å². The first-order chi connectivity index (χ1) is 9.67. The van der Waals surface area contributed by atoms with E-state index in [1.165, 1.54) is 0 Å². The normalized spacial score (nSPS) is 10.9. The minimum atomic E-state index is -0.334. The van der Waals surface area contributed by atoms with Gasteiger partial charge in [0.15, 0.2) is 0 Å². The van der Waals surface area contributed by atoms with Crippen LogP contribution in [-0.2, 0) is 0 Å². The van der Waals surface area contributed by atoms with Crippen LogP contribution in [0.4, 0.5) is 11.4 Å². The van der Waals surface area contributed by atoms with Crippen molar-refractivity contribution in [1.29, 1.82) is 0 Å². The first-order valence-electron chi connectivity index (χ1n) is 6.93. The van der Waals surface area contributed by atoms with Crippen LogP contribution in [0.3, 0.4) is 0 Å². The molecule has 0 atom stereocenters. The SMILES string of the molecule is CCC(CC)CNc1ccc2ncccc2c1[N+](=O)[O-].